The van der Waals surface area contributed by atoms with Crippen molar-refractivity contribution in [2.24, 2.45) is 4.99 Å². The van der Waals surface area contributed by atoms with Gasteiger partial charge in [-0.05, 0) is 26.7 Å². The van der Waals surface area contributed by atoms with Crippen LogP contribution in [0.25, 0.3) is 0 Å². The number of ether oxygens (including phenoxy) is 1. The molecule has 9 nitrogen and oxygen atoms in total. The van der Waals surface area contributed by atoms with E-state index in [1.54, 1.807) is 7.11 Å². The van der Waals surface area contributed by atoms with Crippen molar-refractivity contribution >= 4 is 35.8 Å². The average molecular weight is 507 g/mol. The molecule has 0 saturated heterocycles. The largest absolute Gasteiger partial charge is 0.377 e. The van der Waals surface area contributed by atoms with Gasteiger partial charge < -0.3 is 20.7 Å². The Kier molecular flexibility index (Phi) is 11.4. The molecule has 0 spiro atoms. The number of nitrogens with one attached hydrogen (secondary N) is 3. The predicted molar refractivity (Wildman–Crippen MR) is 120 cm³/mol. The second kappa shape index (κ2) is 12.9. The number of aliphatic imine (C=N–C) groups is 1. The average Bonchev–Trinajstić information content (AvgIpc) is 3.03. The number of guanidine groups is 1. The van der Waals surface area contributed by atoms with E-state index in [0.717, 1.165) is 50.0 Å². The highest BCUT2D eigenvalue weighted by Gasteiger charge is 2.22. The molecule has 160 valence electrons. The fraction of sp³-hybridized carbons (Fsp3) is 0.778. The Hall–Kier alpha value is -1.43. The first-order valence-electron chi connectivity index (χ1n) is 9.81. The molecule has 1 amide bonds. The maximum absolute atomic E-state index is 11.9. The number of methoxy groups -OCH3 is 1. The van der Waals surface area contributed by atoms with Crippen LogP contribution in [-0.2, 0) is 29.1 Å². The molecular formula is C18H34IN7O2. The summed E-state index contributed by atoms with van der Waals surface area (Å²) in [5.41, 5.74) is 0. The van der Waals surface area contributed by atoms with E-state index < -0.39 is 0 Å². The first kappa shape index (κ1) is 24.6. The Morgan fingerprint density at radius 2 is 2.21 bits per heavy atom. The molecule has 1 aliphatic heterocycles. The summed E-state index contributed by atoms with van der Waals surface area (Å²) in [5.74, 6) is 2.50. The fourth-order valence-electron chi connectivity index (χ4n) is 2.90. The highest BCUT2D eigenvalue weighted by molar-refractivity contribution is 14.0. The third-order valence-electron chi connectivity index (χ3n) is 4.49. The van der Waals surface area contributed by atoms with E-state index in [4.69, 9.17) is 4.74 Å². The summed E-state index contributed by atoms with van der Waals surface area (Å²) in [5, 5.41) is 14.2. The summed E-state index contributed by atoms with van der Waals surface area (Å²) >= 11 is 0. The van der Waals surface area contributed by atoms with Gasteiger partial charge in [0.15, 0.2) is 11.8 Å². The normalized spacial score (nSPS) is 17.3. The molecule has 0 aromatic carbocycles. The van der Waals surface area contributed by atoms with E-state index >= 15 is 0 Å². The third kappa shape index (κ3) is 7.90. The smallest absolute Gasteiger partial charge is 0.222 e. The second-order valence-electron chi connectivity index (χ2n) is 6.83. The molecule has 3 N–H and O–H groups in total. The van der Waals surface area contributed by atoms with Crippen molar-refractivity contribution in [2.75, 3.05) is 20.2 Å². The summed E-state index contributed by atoms with van der Waals surface area (Å²) < 4.78 is 7.05. The number of nitrogens with zero attached hydrogens (tertiary/aromatic N) is 4. The van der Waals surface area contributed by atoms with Gasteiger partial charge in [-0.25, -0.2) is 9.67 Å². The molecule has 0 radical (unpaired) electrons. The van der Waals surface area contributed by atoms with E-state index in [9.17, 15) is 4.79 Å². The van der Waals surface area contributed by atoms with Crippen molar-refractivity contribution in [3.05, 3.63) is 11.6 Å². The van der Waals surface area contributed by atoms with Crippen LogP contribution in [0.15, 0.2) is 4.99 Å². The number of fused-ring (bicyclic) bond motifs is 1. The molecule has 2 atom stereocenters. The summed E-state index contributed by atoms with van der Waals surface area (Å²) in [4.78, 5) is 20.9. The Labute approximate surface area is 184 Å². The number of aromatic nitrogens is 3. The number of aryl methyl sites for hydroxylation is 1. The van der Waals surface area contributed by atoms with Gasteiger partial charge in [-0.15, -0.1) is 24.0 Å². The molecule has 1 aromatic heterocycles. The third-order valence-corrected chi connectivity index (χ3v) is 4.49. The van der Waals surface area contributed by atoms with Gasteiger partial charge in [0.1, 0.15) is 12.4 Å². The monoisotopic (exact) mass is 507 g/mol. The zero-order valence-corrected chi connectivity index (χ0v) is 19.7. The van der Waals surface area contributed by atoms with Crippen molar-refractivity contribution in [3.63, 3.8) is 0 Å². The molecule has 0 fully saturated rings. The molecule has 0 bridgehead atoms. The Morgan fingerprint density at radius 1 is 1.43 bits per heavy atom. The van der Waals surface area contributed by atoms with Crippen LogP contribution >= 0.6 is 24.0 Å². The van der Waals surface area contributed by atoms with Crippen molar-refractivity contribution in [3.8, 4) is 0 Å². The van der Waals surface area contributed by atoms with Crippen LogP contribution < -0.4 is 16.0 Å². The van der Waals surface area contributed by atoms with E-state index in [1.165, 1.54) is 0 Å². The number of amides is 1. The maximum Gasteiger partial charge on any atom is 0.222 e. The minimum absolute atomic E-state index is 0. The number of carbonyl (C=O) groups is 1. The van der Waals surface area contributed by atoms with E-state index in [1.807, 2.05) is 18.5 Å². The lowest BCUT2D eigenvalue weighted by Gasteiger charge is -2.25. The van der Waals surface area contributed by atoms with Crippen molar-refractivity contribution in [1.82, 2.24) is 30.7 Å². The SMILES string of the molecule is CCNC(=NCCC(=O)NC(C)CC)NC1CCc2nc(COC)nn2C1.I. The lowest BCUT2D eigenvalue weighted by atomic mass is 10.1. The van der Waals surface area contributed by atoms with Crippen LogP contribution in [0.5, 0.6) is 0 Å². The molecular weight excluding hydrogens is 473 g/mol. The molecule has 2 rings (SSSR count). The minimum atomic E-state index is 0. The van der Waals surface area contributed by atoms with E-state index in [2.05, 4.69) is 37.9 Å². The van der Waals surface area contributed by atoms with Crippen LogP contribution in [0, 0.1) is 0 Å². The van der Waals surface area contributed by atoms with E-state index in [-0.39, 0.29) is 42.0 Å². The standard InChI is InChI=1S/C18H33N7O2.HI/c1-5-13(3)21-17(26)9-10-20-18(19-6-2)22-14-7-8-16-23-15(12-27-4)24-25(16)11-14;/h13-14H,5-12H2,1-4H3,(H,21,26)(H2,19,20,22);1H. The van der Waals surface area contributed by atoms with Crippen LogP contribution in [0.4, 0.5) is 0 Å². The molecule has 2 unspecified atom stereocenters. The predicted octanol–water partition coefficient (Wildman–Crippen LogP) is 1.22. The number of rotatable bonds is 9. The molecule has 28 heavy (non-hydrogen) atoms. The lowest BCUT2D eigenvalue weighted by Crippen LogP contribution is -2.47. The summed E-state index contributed by atoms with van der Waals surface area (Å²) in [6.07, 6.45) is 3.14. The number of halogens is 1. The number of hydrogen-bond acceptors (Lipinski definition) is 5. The Bertz CT molecular complexity index is 635. The van der Waals surface area contributed by atoms with Gasteiger partial charge in [-0.1, -0.05) is 6.92 Å². The van der Waals surface area contributed by atoms with Gasteiger partial charge in [0, 0.05) is 38.6 Å². The zero-order chi connectivity index (χ0) is 19.6. The first-order valence-corrected chi connectivity index (χ1v) is 9.81. The molecule has 1 aliphatic rings. The summed E-state index contributed by atoms with van der Waals surface area (Å²) in [7, 11) is 1.65. The summed E-state index contributed by atoms with van der Waals surface area (Å²) in [6, 6.07) is 0.427. The van der Waals surface area contributed by atoms with Gasteiger partial charge >= 0.3 is 0 Å². The second-order valence-corrected chi connectivity index (χ2v) is 6.83. The van der Waals surface area contributed by atoms with Gasteiger partial charge in [-0.2, -0.15) is 5.10 Å². The van der Waals surface area contributed by atoms with E-state index in [0.29, 0.717) is 19.6 Å². The highest BCUT2D eigenvalue weighted by atomic mass is 127. The maximum atomic E-state index is 11.9. The van der Waals surface area contributed by atoms with Crippen LogP contribution in [0.2, 0.25) is 0 Å². The molecule has 1 aromatic rings. The molecule has 0 saturated carbocycles. The highest BCUT2D eigenvalue weighted by Crippen LogP contribution is 2.13. The topological polar surface area (TPSA) is 105 Å². The first-order chi connectivity index (χ1) is 13.0. The minimum Gasteiger partial charge on any atom is -0.377 e. The van der Waals surface area contributed by atoms with Crippen LogP contribution in [0.3, 0.4) is 0 Å². The summed E-state index contributed by atoms with van der Waals surface area (Å²) in [6.45, 7) is 8.48. The fourth-order valence-corrected chi connectivity index (χ4v) is 2.90. The van der Waals surface area contributed by atoms with Gasteiger partial charge in [-0.3, -0.25) is 9.79 Å². The van der Waals surface area contributed by atoms with Crippen molar-refractivity contribution in [2.45, 2.75) is 71.7 Å². The zero-order valence-electron chi connectivity index (χ0n) is 17.3. The number of hydrogen-bond donors (Lipinski definition) is 3. The van der Waals surface area contributed by atoms with Gasteiger partial charge in [0.2, 0.25) is 5.91 Å². The van der Waals surface area contributed by atoms with Crippen molar-refractivity contribution < 1.29 is 9.53 Å². The van der Waals surface area contributed by atoms with Gasteiger partial charge in [0.05, 0.1) is 13.1 Å². The Balaban J connectivity index is 0.00000392. The number of carbonyl (C=O) groups excluding carboxylic acids is 1. The molecule has 2 heterocycles. The van der Waals surface area contributed by atoms with Gasteiger partial charge in [0.25, 0.3) is 0 Å². The van der Waals surface area contributed by atoms with Crippen LogP contribution in [0.1, 0.15) is 51.7 Å². The molecule has 0 aliphatic carbocycles. The molecule has 10 heteroatoms. The lowest BCUT2D eigenvalue weighted by molar-refractivity contribution is -0.121. The quantitative estimate of drug-likeness (QED) is 0.264. The van der Waals surface area contributed by atoms with Crippen molar-refractivity contribution in [1.29, 1.82) is 0 Å². The van der Waals surface area contributed by atoms with Crippen LogP contribution in [-0.4, -0.2) is 58.9 Å². The Morgan fingerprint density at radius 3 is 2.89 bits per heavy atom.